The summed E-state index contributed by atoms with van der Waals surface area (Å²) >= 11 is 0. The van der Waals surface area contributed by atoms with Gasteiger partial charge in [-0.05, 0) is 37.6 Å². The van der Waals surface area contributed by atoms with Crippen molar-refractivity contribution < 1.29 is 13.7 Å². The van der Waals surface area contributed by atoms with Gasteiger partial charge in [0.25, 0.3) is 0 Å². The van der Waals surface area contributed by atoms with Crippen LogP contribution in [0.25, 0.3) is 11.4 Å². The number of aromatic nitrogens is 2. The predicted molar refractivity (Wildman–Crippen MR) is 92.6 cm³/mol. The number of rotatable bonds is 5. The van der Waals surface area contributed by atoms with E-state index in [1.54, 1.807) is 12.1 Å². The van der Waals surface area contributed by atoms with Gasteiger partial charge in [0.05, 0.1) is 0 Å². The quantitative estimate of drug-likeness (QED) is 0.761. The Morgan fingerprint density at radius 1 is 1.20 bits per heavy atom. The zero-order valence-corrected chi connectivity index (χ0v) is 14.0. The molecule has 0 aliphatic carbocycles. The third-order valence-corrected chi connectivity index (χ3v) is 3.77. The molecule has 0 fully saturated rings. The second kappa shape index (κ2) is 7.25. The predicted octanol–water partition coefficient (Wildman–Crippen LogP) is 4.06. The molecule has 1 N–H and O–H groups in total. The highest BCUT2D eigenvalue weighted by Crippen LogP contribution is 2.18. The van der Waals surface area contributed by atoms with Crippen LogP contribution in [0.4, 0.5) is 10.1 Å². The molecule has 1 heterocycles. The first-order valence-corrected chi connectivity index (χ1v) is 7.97. The molecule has 0 aliphatic heterocycles. The van der Waals surface area contributed by atoms with Gasteiger partial charge < -0.3 is 9.84 Å². The molecule has 6 heteroatoms. The van der Waals surface area contributed by atoms with Crippen LogP contribution < -0.4 is 5.32 Å². The summed E-state index contributed by atoms with van der Waals surface area (Å²) in [6.07, 6.45) is 0.539. The van der Waals surface area contributed by atoms with Crippen molar-refractivity contribution in [2.45, 2.75) is 26.7 Å². The first-order valence-electron chi connectivity index (χ1n) is 7.97. The van der Waals surface area contributed by atoms with Crippen LogP contribution in [0.2, 0.25) is 0 Å². The molecule has 0 unspecified atom stereocenters. The van der Waals surface area contributed by atoms with Crippen LogP contribution in [-0.4, -0.2) is 16.0 Å². The number of nitrogens with one attached hydrogen (secondary N) is 1. The Bertz CT molecular complexity index is 905. The Morgan fingerprint density at radius 2 is 2.04 bits per heavy atom. The van der Waals surface area contributed by atoms with Gasteiger partial charge in [-0.2, -0.15) is 4.98 Å². The number of carbonyl (C=O) groups is 1. The van der Waals surface area contributed by atoms with E-state index in [9.17, 15) is 9.18 Å². The fourth-order valence-corrected chi connectivity index (χ4v) is 2.49. The molecule has 5 nitrogen and oxygen atoms in total. The number of halogens is 1. The van der Waals surface area contributed by atoms with E-state index >= 15 is 0 Å². The molecule has 0 saturated carbocycles. The van der Waals surface area contributed by atoms with Gasteiger partial charge in [0.2, 0.25) is 17.6 Å². The topological polar surface area (TPSA) is 68.0 Å². The lowest BCUT2D eigenvalue weighted by Crippen LogP contribution is -2.13. The number of aryl methyl sites for hydroxylation is 3. The van der Waals surface area contributed by atoms with E-state index in [0.717, 1.165) is 16.8 Å². The van der Waals surface area contributed by atoms with Crippen LogP contribution in [0.1, 0.15) is 23.4 Å². The molecule has 0 spiro atoms. The lowest BCUT2D eigenvalue weighted by atomic mass is 10.1. The third kappa shape index (κ3) is 4.29. The summed E-state index contributed by atoms with van der Waals surface area (Å²) in [7, 11) is 0. The number of hydrogen-bond donors (Lipinski definition) is 1. The van der Waals surface area contributed by atoms with Crippen molar-refractivity contribution in [3.05, 3.63) is 65.3 Å². The lowest BCUT2D eigenvalue weighted by molar-refractivity contribution is -0.116. The van der Waals surface area contributed by atoms with Gasteiger partial charge in [0.1, 0.15) is 5.82 Å². The summed E-state index contributed by atoms with van der Waals surface area (Å²) in [6.45, 7) is 3.95. The SMILES string of the molecule is Cc1ccc(NC(=O)CCc2nc(-c3cccc(F)c3)no2)c(C)c1. The normalized spacial score (nSPS) is 10.7. The molecule has 0 atom stereocenters. The first-order chi connectivity index (χ1) is 12.0. The Labute approximate surface area is 144 Å². The van der Waals surface area contributed by atoms with Gasteiger partial charge in [-0.1, -0.05) is 35.0 Å². The standard InChI is InChI=1S/C19H18FN3O2/c1-12-6-7-16(13(2)10-12)21-17(24)8-9-18-22-19(23-25-18)14-4-3-5-15(20)11-14/h3-7,10-11H,8-9H2,1-2H3,(H,21,24). The molecule has 0 saturated heterocycles. The van der Waals surface area contributed by atoms with Crippen molar-refractivity contribution in [3.63, 3.8) is 0 Å². The highest BCUT2D eigenvalue weighted by atomic mass is 19.1. The van der Waals surface area contributed by atoms with E-state index in [-0.39, 0.29) is 18.1 Å². The average molecular weight is 339 g/mol. The van der Waals surface area contributed by atoms with Crippen LogP contribution in [0.5, 0.6) is 0 Å². The third-order valence-electron chi connectivity index (χ3n) is 3.77. The highest BCUT2D eigenvalue weighted by molar-refractivity contribution is 5.91. The van der Waals surface area contributed by atoms with Gasteiger partial charge in [0, 0.05) is 24.1 Å². The van der Waals surface area contributed by atoms with Crippen LogP contribution in [0.3, 0.4) is 0 Å². The van der Waals surface area contributed by atoms with Crippen molar-refractivity contribution in [1.29, 1.82) is 0 Å². The number of hydrogen-bond acceptors (Lipinski definition) is 4. The smallest absolute Gasteiger partial charge is 0.227 e. The fourth-order valence-electron chi connectivity index (χ4n) is 2.49. The zero-order chi connectivity index (χ0) is 17.8. The Hall–Kier alpha value is -3.02. The summed E-state index contributed by atoms with van der Waals surface area (Å²) in [5, 5.41) is 6.70. The van der Waals surface area contributed by atoms with Crippen LogP contribution in [0, 0.1) is 19.7 Å². The van der Waals surface area contributed by atoms with E-state index in [4.69, 9.17) is 4.52 Å². The molecule has 0 radical (unpaired) electrons. The monoisotopic (exact) mass is 339 g/mol. The van der Waals surface area contributed by atoms with Crippen LogP contribution in [-0.2, 0) is 11.2 Å². The summed E-state index contributed by atoms with van der Waals surface area (Å²) < 4.78 is 18.4. The van der Waals surface area contributed by atoms with E-state index in [1.165, 1.54) is 12.1 Å². The van der Waals surface area contributed by atoms with Crippen molar-refractivity contribution in [2.24, 2.45) is 0 Å². The number of amides is 1. The minimum atomic E-state index is -0.364. The molecule has 1 amide bonds. The van der Waals surface area contributed by atoms with Crippen LogP contribution in [0.15, 0.2) is 47.0 Å². The van der Waals surface area contributed by atoms with Gasteiger partial charge in [-0.15, -0.1) is 0 Å². The molecular formula is C19H18FN3O2. The van der Waals surface area contributed by atoms with Crippen molar-refractivity contribution >= 4 is 11.6 Å². The Balaban J connectivity index is 1.59. The number of nitrogens with zero attached hydrogens (tertiary/aromatic N) is 2. The van der Waals surface area contributed by atoms with E-state index < -0.39 is 0 Å². The zero-order valence-electron chi connectivity index (χ0n) is 14.0. The molecular weight excluding hydrogens is 321 g/mol. The molecule has 25 heavy (non-hydrogen) atoms. The highest BCUT2D eigenvalue weighted by Gasteiger charge is 2.12. The van der Waals surface area contributed by atoms with E-state index in [1.807, 2.05) is 32.0 Å². The molecule has 128 valence electrons. The van der Waals surface area contributed by atoms with Gasteiger partial charge in [-0.3, -0.25) is 4.79 Å². The van der Waals surface area contributed by atoms with Crippen LogP contribution >= 0.6 is 0 Å². The Morgan fingerprint density at radius 3 is 2.80 bits per heavy atom. The fraction of sp³-hybridized carbons (Fsp3) is 0.211. The van der Waals surface area contributed by atoms with E-state index in [0.29, 0.717) is 23.7 Å². The van der Waals surface area contributed by atoms with Gasteiger partial charge >= 0.3 is 0 Å². The average Bonchev–Trinajstić information content (AvgIpc) is 3.05. The lowest BCUT2D eigenvalue weighted by Gasteiger charge is -2.08. The van der Waals surface area contributed by atoms with Gasteiger partial charge in [-0.25, -0.2) is 4.39 Å². The van der Waals surface area contributed by atoms with Crippen molar-refractivity contribution in [1.82, 2.24) is 10.1 Å². The molecule has 3 aromatic rings. The second-order valence-corrected chi connectivity index (χ2v) is 5.89. The minimum absolute atomic E-state index is 0.127. The molecule has 2 aromatic carbocycles. The molecule has 1 aromatic heterocycles. The summed E-state index contributed by atoms with van der Waals surface area (Å²) in [5.41, 5.74) is 3.49. The number of carbonyl (C=O) groups excluding carboxylic acids is 1. The second-order valence-electron chi connectivity index (χ2n) is 5.89. The summed E-state index contributed by atoms with van der Waals surface area (Å²) in [5.74, 6) is 0.161. The maximum Gasteiger partial charge on any atom is 0.227 e. The molecule has 0 aliphatic rings. The van der Waals surface area contributed by atoms with Crippen molar-refractivity contribution in [3.8, 4) is 11.4 Å². The van der Waals surface area contributed by atoms with Gasteiger partial charge in [0.15, 0.2) is 0 Å². The summed E-state index contributed by atoms with van der Waals surface area (Å²) in [6, 6.07) is 11.8. The van der Waals surface area contributed by atoms with E-state index in [2.05, 4.69) is 15.5 Å². The minimum Gasteiger partial charge on any atom is -0.339 e. The Kier molecular flexibility index (Phi) is 4.88. The summed E-state index contributed by atoms with van der Waals surface area (Å²) in [4.78, 5) is 16.3. The van der Waals surface area contributed by atoms with Crippen molar-refractivity contribution in [2.75, 3.05) is 5.32 Å². The number of anilines is 1. The maximum absolute atomic E-state index is 13.2. The maximum atomic E-state index is 13.2. The largest absolute Gasteiger partial charge is 0.339 e. The first kappa shape index (κ1) is 16.8. The number of benzene rings is 2. The molecule has 0 bridgehead atoms. The molecule has 3 rings (SSSR count).